The second-order valence-electron chi connectivity index (χ2n) is 5.11. The van der Waals surface area contributed by atoms with Gasteiger partial charge in [-0.1, -0.05) is 13.8 Å². The third-order valence-corrected chi connectivity index (χ3v) is 3.06. The van der Waals surface area contributed by atoms with Gasteiger partial charge in [-0.05, 0) is 25.3 Å². The van der Waals surface area contributed by atoms with Crippen LogP contribution in [0.15, 0.2) is 0 Å². The minimum absolute atomic E-state index is 0. The summed E-state index contributed by atoms with van der Waals surface area (Å²) >= 11 is 0. The number of hydrogen-bond donors (Lipinski definition) is 1. The Bertz CT molecular complexity index is 252. The van der Waals surface area contributed by atoms with Crippen molar-refractivity contribution in [2.45, 2.75) is 32.3 Å². The summed E-state index contributed by atoms with van der Waals surface area (Å²) in [6.07, 6.45) is 1.97. The van der Waals surface area contributed by atoms with E-state index >= 15 is 0 Å². The largest absolute Gasteiger partial charge is 0.440 e. The molecule has 0 aromatic carbocycles. The van der Waals surface area contributed by atoms with Crippen molar-refractivity contribution in [3.05, 3.63) is 0 Å². The van der Waals surface area contributed by atoms with Crippen molar-refractivity contribution in [2.75, 3.05) is 26.2 Å². The Morgan fingerprint density at radius 1 is 1.56 bits per heavy atom. The van der Waals surface area contributed by atoms with Gasteiger partial charge in [-0.25, -0.2) is 4.79 Å². The van der Waals surface area contributed by atoms with Crippen molar-refractivity contribution >= 4 is 18.5 Å². The first-order valence-electron chi connectivity index (χ1n) is 5.80. The molecule has 2 aliphatic heterocycles. The zero-order valence-electron chi connectivity index (χ0n) is 9.99. The molecule has 2 aliphatic rings. The Hall–Kier alpha value is -0.480. The molecule has 0 bridgehead atoms. The predicted molar refractivity (Wildman–Crippen MR) is 65.0 cm³/mol. The quantitative estimate of drug-likeness (QED) is 0.808. The standard InChI is InChI=1S/C11H20N2O2.ClH/c1-9(2)6-13-8-11(15-10(13)14)4-3-5-12-7-11;/h9,12H,3-8H2,1-2H3;1H. The van der Waals surface area contributed by atoms with E-state index in [9.17, 15) is 4.79 Å². The molecule has 94 valence electrons. The molecule has 1 atom stereocenters. The molecule has 5 heteroatoms. The Balaban J connectivity index is 0.00000128. The number of carbonyl (C=O) groups excluding carboxylic acids is 1. The van der Waals surface area contributed by atoms with Crippen LogP contribution in [0.3, 0.4) is 0 Å². The average Bonchev–Trinajstić information content (AvgIpc) is 2.43. The van der Waals surface area contributed by atoms with Crippen LogP contribution in [0, 0.1) is 5.92 Å². The highest BCUT2D eigenvalue weighted by molar-refractivity contribution is 5.85. The lowest BCUT2D eigenvalue weighted by molar-refractivity contribution is 0.0366. The molecule has 1 spiro atoms. The third kappa shape index (κ3) is 2.80. The molecule has 1 unspecified atom stereocenters. The summed E-state index contributed by atoms with van der Waals surface area (Å²) in [7, 11) is 0. The van der Waals surface area contributed by atoms with Gasteiger partial charge in [0.05, 0.1) is 6.54 Å². The fourth-order valence-electron chi connectivity index (χ4n) is 2.44. The van der Waals surface area contributed by atoms with Gasteiger partial charge in [0.1, 0.15) is 5.60 Å². The Morgan fingerprint density at radius 2 is 2.31 bits per heavy atom. The van der Waals surface area contributed by atoms with Crippen LogP contribution in [0.25, 0.3) is 0 Å². The number of carbonyl (C=O) groups is 1. The molecule has 4 nitrogen and oxygen atoms in total. The van der Waals surface area contributed by atoms with Crippen molar-refractivity contribution < 1.29 is 9.53 Å². The Morgan fingerprint density at radius 3 is 2.88 bits per heavy atom. The second kappa shape index (κ2) is 5.23. The van der Waals surface area contributed by atoms with E-state index in [1.807, 2.05) is 4.90 Å². The number of nitrogens with one attached hydrogen (secondary N) is 1. The monoisotopic (exact) mass is 248 g/mol. The van der Waals surface area contributed by atoms with E-state index in [2.05, 4.69) is 19.2 Å². The molecule has 2 rings (SSSR count). The van der Waals surface area contributed by atoms with Gasteiger partial charge in [0, 0.05) is 13.1 Å². The van der Waals surface area contributed by atoms with Crippen molar-refractivity contribution in [1.29, 1.82) is 0 Å². The smallest absolute Gasteiger partial charge is 0.410 e. The number of nitrogens with zero attached hydrogens (tertiary/aromatic N) is 1. The van der Waals surface area contributed by atoms with Gasteiger partial charge in [-0.3, -0.25) is 0 Å². The Kier molecular flexibility index (Phi) is 4.44. The van der Waals surface area contributed by atoms with Crippen LogP contribution in [-0.2, 0) is 4.74 Å². The van der Waals surface area contributed by atoms with Gasteiger partial charge in [0.2, 0.25) is 0 Å². The van der Waals surface area contributed by atoms with Crippen molar-refractivity contribution in [1.82, 2.24) is 10.2 Å². The summed E-state index contributed by atoms with van der Waals surface area (Å²) in [5.74, 6) is 0.504. The number of ether oxygens (including phenoxy) is 1. The predicted octanol–water partition coefficient (Wildman–Crippen LogP) is 1.64. The number of hydrogen-bond acceptors (Lipinski definition) is 3. The van der Waals surface area contributed by atoms with Gasteiger partial charge >= 0.3 is 6.09 Å². The number of rotatable bonds is 2. The zero-order chi connectivity index (χ0) is 10.9. The van der Waals surface area contributed by atoms with Gasteiger partial charge in [-0.15, -0.1) is 12.4 Å². The molecule has 0 aromatic rings. The maximum Gasteiger partial charge on any atom is 0.410 e. The van der Waals surface area contributed by atoms with Crippen molar-refractivity contribution in [3.63, 3.8) is 0 Å². The summed E-state index contributed by atoms with van der Waals surface area (Å²) < 4.78 is 5.53. The Labute approximate surface area is 103 Å². The molecule has 1 N–H and O–H groups in total. The summed E-state index contributed by atoms with van der Waals surface area (Å²) in [5.41, 5.74) is -0.232. The second-order valence-corrected chi connectivity index (χ2v) is 5.11. The molecule has 0 aliphatic carbocycles. The highest BCUT2D eigenvalue weighted by atomic mass is 35.5. The van der Waals surface area contributed by atoms with E-state index in [4.69, 9.17) is 4.74 Å². The molecule has 2 heterocycles. The average molecular weight is 249 g/mol. The molecule has 2 saturated heterocycles. The fraction of sp³-hybridized carbons (Fsp3) is 0.909. The molecule has 0 saturated carbocycles. The maximum absolute atomic E-state index is 11.7. The SMILES string of the molecule is CC(C)CN1CC2(CCCNC2)OC1=O.Cl. The molecule has 16 heavy (non-hydrogen) atoms. The number of amides is 1. The van der Waals surface area contributed by atoms with Gasteiger partial charge in [0.25, 0.3) is 0 Å². The summed E-state index contributed by atoms with van der Waals surface area (Å²) in [4.78, 5) is 13.5. The highest BCUT2D eigenvalue weighted by Crippen LogP contribution is 2.29. The fourth-order valence-corrected chi connectivity index (χ4v) is 2.44. The van der Waals surface area contributed by atoms with Crippen LogP contribution in [-0.4, -0.2) is 42.8 Å². The van der Waals surface area contributed by atoms with Crippen LogP contribution in [0.1, 0.15) is 26.7 Å². The van der Waals surface area contributed by atoms with Crippen LogP contribution in [0.2, 0.25) is 0 Å². The number of piperidine rings is 1. The lowest BCUT2D eigenvalue weighted by Gasteiger charge is -2.31. The van der Waals surface area contributed by atoms with Crippen LogP contribution in [0.4, 0.5) is 4.79 Å². The first kappa shape index (κ1) is 13.6. The van der Waals surface area contributed by atoms with E-state index < -0.39 is 0 Å². The first-order valence-corrected chi connectivity index (χ1v) is 5.80. The summed E-state index contributed by atoms with van der Waals surface area (Å²) in [6, 6.07) is 0. The van der Waals surface area contributed by atoms with E-state index in [0.29, 0.717) is 5.92 Å². The molecular formula is C11H21ClN2O2. The van der Waals surface area contributed by atoms with Gasteiger partial charge < -0.3 is 15.0 Å². The summed E-state index contributed by atoms with van der Waals surface area (Å²) in [6.45, 7) is 7.67. The van der Waals surface area contributed by atoms with E-state index in [1.165, 1.54) is 0 Å². The maximum atomic E-state index is 11.7. The lowest BCUT2D eigenvalue weighted by atomic mass is 9.94. The third-order valence-electron chi connectivity index (χ3n) is 3.06. The molecule has 0 aromatic heterocycles. The van der Waals surface area contributed by atoms with Gasteiger partial charge in [0.15, 0.2) is 0 Å². The number of halogens is 1. The van der Waals surface area contributed by atoms with E-state index in [0.717, 1.165) is 39.0 Å². The van der Waals surface area contributed by atoms with Gasteiger partial charge in [-0.2, -0.15) is 0 Å². The first-order chi connectivity index (χ1) is 7.11. The van der Waals surface area contributed by atoms with E-state index in [-0.39, 0.29) is 24.1 Å². The normalized spacial score (nSPS) is 29.4. The topological polar surface area (TPSA) is 41.6 Å². The molecular weight excluding hydrogens is 228 g/mol. The summed E-state index contributed by atoms with van der Waals surface area (Å²) in [5, 5.41) is 3.31. The van der Waals surface area contributed by atoms with Crippen LogP contribution < -0.4 is 5.32 Å². The zero-order valence-corrected chi connectivity index (χ0v) is 10.8. The lowest BCUT2D eigenvalue weighted by Crippen LogP contribution is -2.48. The van der Waals surface area contributed by atoms with Crippen LogP contribution in [0.5, 0.6) is 0 Å². The molecule has 2 fully saturated rings. The van der Waals surface area contributed by atoms with Crippen molar-refractivity contribution in [2.24, 2.45) is 5.92 Å². The van der Waals surface area contributed by atoms with Crippen LogP contribution >= 0.6 is 12.4 Å². The van der Waals surface area contributed by atoms with Crippen molar-refractivity contribution in [3.8, 4) is 0 Å². The van der Waals surface area contributed by atoms with E-state index in [1.54, 1.807) is 0 Å². The highest BCUT2D eigenvalue weighted by Gasteiger charge is 2.45. The molecule has 1 amide bonds. The minimum atomic E-state index is -0.232. The molecule has 0 radical (unpaired) electrons. The minimum Gasteiger partial charge on any atom is -0.440 e.